The molecule has 2 heterocycles. The van der Waals surface area contributed by atoms with Gasteiger partial charge in [-0.15, -0.1) is 34.7 Å². The van der Waals surface area contributed by atoms with Crippen molar-refractivity contribution in [1.82, 2.24) is 14.6 Å². The summed E-state index contributed by atoms with van der Waals surface area (Å²) >= 11 is 7.20. The zero-order valence-electron chi connectivity index (χ0n) is 17.2. The summed E-state index contributed by atoms with van der Waals surface area (Å²) in [6.07, 6.45) is 1.71. The maximum atomic E-state index is 12.1. The highest BCUT2D eigenvalue weighted by molar-refractivity contribution is 8.03. The van der Waals surface area contributed by atoms with Crippen LogP contribution in [-0.4, -0.2) is 76.1 Å². The van der Waals surface area contributed by atoms with Gasteiger partial charge < -0.3 is 20.2 Å². The Kier molecular flexibility index (Phi) is 10.2. The molecule has 0 radical (unpaired) electrons. The molecule has 14 nitrogen and oxygen atoms in total. The highest BCUT2D eigenvalue weighted by Gasteiger charge is 2.54. The van der Waals surface area contributed by atoms with E-state index in [1.54, 1.807) is 12.3 Å². The minimum Gasteiger partial charge on any atom is -0.463 e. The Bertz CT molecular complexity index is 1090. The van der Waals surface area contributed by atoms with E-state index in [4.69, 9.17) is 16.4 Å². The van der Waals surface area contributed by atoms with Crippen molar-refractivity contribution in [2.45, 2.75) is 24.9 Å². The molecule has 18 heteroatoms. The van der Waals surface area contributed by atoms with E-state index < -0.39 is 45.4 Å². The van der Waals surface area contributed by atoms with Gasteiger partial charge >= 0.3 is 16.3 Å². The van der Waals surface area contributed by atoms with Crippen LogP contribution in [0.4, 0.5) is 5.13 Å². The predicted octanol–water partition coefficient (Wildman–Crippen LogP) is 0.0887. The lowest BCUT2D eigenvalue weighted by atomic mass is 10.1. The number of oxime groups is 1. The molecular formula is C16H18ClN5O9S3. The summed E-state index contributed by atoms with van der Waals surface area (Å²) in [6, 6.07) is -1.33. The van der Waals surface area contributed by atoms with Gasteiger partial charge in [-0.1, -0.05) is 5.16 Å². The number of halogens is 1. The van der Waals surface area contributed by atoms with Crippen molar-refractivity contribution in [3.63, 3.8) is 0 Å². The van der Waals surface area contributed by atoms with E-state index in [1.807, 2.05) is 0 Å². The van der Waals surface area contributed by atoms with Crippen LogP contribution in [0.1, 0.15) is 12.6 Å². The molecule has 1 fully saturated rings. The zero-order valence-corrected chi connectivity index (χ0v) is 20.4. The quantitative estimate of drug-likeness (QED) is 0.0601. The van der Waals surface area contributed by atoms with Crippen LogP contribution in [0, 0.1) is 0 Å². The van der Waals surface area contributed by atoms with E-state index in [0.29, 0.717) is 28.8 Å². The van der Waals surface area contributed by atoms with Crippen LogP contribution in [0.5, 0.6) is 0 Å². The van der Waals surface area contributed by atoms with Crippen molar-refractivity contribution in [1.29, 1.82) is 0 Å². The fraction of sp³-hybridized carbons (Fsp3) is 0.375. The number of nitrogens with zero attached hydrogens (tertiary/aromatic N) is 3. The number of carbonyl (C=O) groups excluding carboxylic acids is 4. The van der Waals surface area contributed by atoms with Crippen LogP contribution in [0.2, 0.25) is 0 Å². The number of hydrogen-bond donors (Lipinski definition) is 3. The first kappa shape index (κ1) is 27.5. The molecule has 1 aliphatic rings. The summed E-state index contributed by atoms with van der Waals surface area (Å²) in [4.78, 5) is 55.6. The van der Waals surface area contributed by atoms with Gasteiger partial charge in [-0.3, -0.25) is 18.9 Å². The molecule has 0 aromatic carbocycles. The van der Waals surface area contributed by atoms with E-state index in [2.05, 4.69) is 25.5 Å². The topological polar surface area (TPSA) is 194 Å². The number of rotatable bonds is 12. The number of amides is 3. The highest BCUT2D eigenvalue weighted by atomic mass is 35.5. The van der Waals surface area contributed by atoms with Crippen molar-refractivity contribution in [2.75, 3.05) is 17.8 Å². The Balaban J connectivity index is 1.89. The second kappa shape index (κ2) is 12.7. The number of anilines is 1. The number of alkyl halides is 1. The smallest absolute Gasteiger partial charge is 0.363 e. The van der Waals surface area contributed by atoms with Crippen LogP contribution in [0.3, 0.4) is 0 Å². The molecule has 3 N–H and O–H groups in total. The third-order valence-electron chi connectivity index (χ3n) is 3.63. The molecule has 1 saturated heterocycles. The SMILES string of the molecule is CCOC(=O)C=CS[C@@H]1[C@H](NC(=O)C=NOCc2csc(NC(=O)CCl)n2)C(=O)N1S(=O)(=O)O. The molecule has 2 rings (SSSR count). The van der Waals surface area contributed by atoms with E-state index >= 15 is 0 Å². The summed E-state index contributed by atoms with van der Waals surface area (Å²) in [5.74, 6) is -3.32. The molecule has 3 amide bonds. The van der Waals surface area contributed by atoms with Crippen molar-refractivity contribution < 1.29 is 41.7 Å². The lowest BCUT2D eigenvalue weighted by molar-refractivity contribution is -0.140. The normalized spacial score (nSPS) is 18.1. The van der Waals surface area contributed by atoms with E-state index in [1.165, 1.54) is 5.41 Å². The van der Waals surface area contributed by atoms with Crippen molar-refractivity contribution in [3.05, 3.63) is 22.6 Å². The average Bonchev–Trinajstić information content (AvgIpc) is 3.20. The van der Waals surface area contributed by atoms with Gasteiger partial charge in [-0.2, -0.15) is 12.7 Å². The standard InChI is InChI=1S/C16H18ClN5O9S3/c1-2-30-12(25)3-4-32-15-13(14(26)22(15)34(27,28)29)20-11(24)6-18-31-7-9-8-33-16(19-9)21-10(23)5-17/h3-4,6,8,13,15H,2,5,7H2,1H3,(H,20,24)(H,19,21,23)(H,27,28,29)/t13-,15-/m1/s1. The number of hydrogen-bond acceptors (Lipinski definition) is 12. The first-order valence-electron chi connectivity index (χ1n) is 9.12. The Morgan fingerprint density at radius 2 is 2.18 bits per heavy atom. The Hall–Kier alpha value is -2.73. The van der Waals surface area contributed by atoms with Gasteiger partial charge in [0.25, 0.3) is 11.8 Å². The largest absolute Gasteiger partial charge is 0.463 e. The molecule has 0 spiro atoms. The van der Waals surface area contributed by atoms with Gasteiger partial charge in [0.1, 0.15) is 23.5 Å². The second-order valence-electron chi connectivity index (χ2n) is 6.01. The van der Waals surface area contributed by atoms with Gasteiger partial charge in [-0.25, -0.2) is 9.78 Å². The minimum absolute atomic E-state index is 0.126. The van der Waals surface area contributed by atoms with E-state index in [0.717, 1.165) is 17.4 Å². The fourth-order valence-corrected chi connectivity index (χ4v) is 5.16. The van der Waals surface area contributed by atoms with E-state index in [-0.39, 0.29) is 23.4 Å². The Morgan fingerprint density at radius 3 is 2.82 bits per heavy atom. The van der Waals surface area contributed by atoms with Crippen LogP contribution < -0.4 is 10.6 Å². The molecule has 186 valence electrons. The molecular weight excluding hydrogens is 538 g/mol. The first-order chi connectivity index (χ1) is 16.1. The predicted molar refractivity (Wildman–Crippen MR) is 122 cm³/mol. The molecule has 1 aromatic rings. The zero-order chi connectivity index (χ0) is 25.3. The maximum absolute atomic E-state index is 12.1. The summed E-state index contributed by atoms with van der Waals surface area (Å²) in [7, 11) is -4.89. The number of thiazole rings is 1. The van der Waals surface area contributed by atoms with Crippen LogP contribution in [0.25, 0.3) is 0 Å². The summed E-state index contributed by atoms with van der Waals surface area (Å²) in [5.41, 5.74) is 0.412. The van der Waals surface area contributed by atoms with Gasteiger partial charge in [0, 0.05) is 11.5 Å². The van der Waals surface area contributed by atoms with Gasteiger partial charge in [0.05, 0.1) is 12.3 Å². The maximum Gasteiger partial charge on any atom is 0.363 e. The summed E-state index contributed by atoms with van der Waals surface area (Å²) in [5, 5.41) is 9.93. The lowest BCUT2D eigenvalue weighted by Gasteiger charge is -2.42. The number of esters is 1. The highest BCUT2D eigenvalue weighted by Crippen LogP contribution is 2.33. The number of ether oxygens (including phenoxy) is 1. The average molecular weight is 556 g/mol. The molecule has 1 aliphatic heterocycles. The summed E-state index contributed by atoms with van der Waals surface area (Å²) < 4.78 is 36.9. The number of aromatic nitrogens is 1. The fourth-order valence-electron chi connectivity index (χ4n) is 2.28. The minimum atomic E-state index is -4.89. The number of β-lactam (4-membered cyclic amide) rings is 1. The van der Waals surface area contributed by atoms with Crippen LogP contribution in [-0.2, 0) is 45.7 Å². The number of thioether (sulfide) groups is 1. The van der Waals surface area contributed by atoms with Crippen molar-refractivity contribution >= 4 is 80.0 Å². The van der Waals surface area contributed by atoms with Crippen LogP contribution >= 0.6 is 34.7 Å². The molecule has 0 unspecified atom stereocenters. The number of nitrogens with one attached hydrogen (secondary N) is 2. The van der Waals surface area contributed by atoms with E-state index in [9.17, 15) is 32.1 Å². The summed E-state index contributed by atoms with van der Waals surface area (Å²) in [6.45, 7) is 1.59. The molecule has 0 saturated carbocycles. The third kappa shape index (κ3) is 7.94. The molecule has 1 aromatic heterocycles. The third-order valence-corrected chi connectivity index (χ3v) is 6.77. The Morgan fingerprint density at radius 1 is 1.44 bits per heavy atom. The van der Waals surface area contributed by atoms with Gasteiger partial charge in [0.15, 0.2) is 11.7 Å². The lowest BCUT2D eigenvalue weighted by Crippen LogP contribution is -2.70. The first-order valence-corrected chi connectivity index (χ1v) is 12.9. The van der Waals surface area contributed by atoms with Crippen molar-refractivity contribution in [2.24, 2.45) is 5.16 Å². The Labute approximate surface area is 206 Å². The van der Waals surface area contributed by atoms with Gasteiger partial charge in [-0.05, 0) is 12.3 Å². The molecule has 2 atom stereocenters. The van der Waals surface area contributed by atoms with Gasteiger partial charge in [0.2, 0.25) is 5.91 Å². The van der Waals surface area contributed by atoms with Crippen molar-refractivity contribution in [3.8, 4) is 0 Å². The van der Waals surface area contributed by atoms with Crippen LogP contribution in [0.15, 0.2) is 22.0 Å². The molecule has 0 aliphatic carbocycles. The second-order valence-corrected chi connectivity index (χ2v) is 9.46. The number of carbonyl (C=O) groups is 4. The monoisotopic (exact) mass is 555 g/mol. The molecule has 0 bridgehead atoms. The molecule has 34 heavy (non-hydrogen) atoms.